The number of piperazine rings is 1. The van der Waals surface area contributed by atoms with Gasteiger partial charge < -0.3 is 20.4 Å². The molecule has 38 heavy (non-hydrogen) atoms. The molecule has 2 N–H and O–H groups in total. The van der Waals surface area contributed by atoms with Crippen LogP contribution in [-0.2, 0) is 0 Å². The van der Waals surface area contributed by atoms with Gasteiger partial charge in [0.25, 0.3) is 23.2 Å². The van der Waals surface area contributed by atoms with Gasteiger partial charge in [0.1, 0.15) is 0 Å². The maximum absolute atomic E-state index is 12.4. The third-order valence-electron chi connectivity index (χ3n) is 6.83. The molecule has 1 aliphatic rings. The molecule has 0 radical (unpaired) electrons. The van der Waals surface area contributed by atoms with Crippen molar-refractivity contribution >= 4 is 23.2 Å². The molecule has 1 fully saturated rings. The molecular weight excluding hydrogens is 492 g/mol. The van der Waals surface area contributed by atoms with Crippen molar-refractivity contribution in [2.75, 3.05) is 52.4 Å². The standard InChI is InChI=1S/C26H34N6O6/c1-19-21(7-3-9-23(19)31(35)36)25(33)27-11-5-13-29-15-17-30(18-16-29)14-6-12-28-26(34)22-8-4-10-24(20(22)2)32(37)38/h3-4,7-10H,5-6,11-18H2,1-2H3,(H,27,33)(H,28,34). The smallest absolute Gasteiger partial charge is 0.273 e. The Morgan fingerprint density at radius 2 is 1.11 bits per heavy atom. The van der Waals surface area contributed by atoms with Crippen LogP contribution in [0.3, 0.4) is 0 Å². The van der Waals surface area contributed by atoms with Crippen molar-refractivity contribution in [2.24, 2.45) is 0 Å². The first kappa shape index (κ1) is 28.7. The quantitative estimate of drug-likeness (QED) is 0.243. The van der Waals surface area contributed by atoms with Gasteiger partial charge in [0, 0.05) is 73.7 Å². The number of rotatable bonds is 12. The van der Waals surface area contributed by atoms with E-state index in [1.165, 1.54) is 24.3 Å². The van der Waals surface area contributed by atoms with Crippen LogP contribution in [0.5, 0.6) is 0 Å². The second kappa shape index (κ2) is 13.6. The molecule has 12 nitrogen and oxygen atoms in total. The fourth-order valence-corrected chi connectivity index (χ4v) is 4.57. The Kier molecular flexibility index (Phi) is 10.3. The van der Waals surface area contributed by atoms with E-state index in [0.717, 1.165) is 52.1 Å². The Hall–Kier alpha value is -3.90. The summed E-state index contributed by atoms with van der Waals surface area (Å²) in [6.07, 6.45) is 1.56. The lowest BCUT2D eigenvalue weighted by atomic mass is 10.1. The molecule has 3 rings (SSSR count). The zero-order chi connectivity index (χ0) is 27.7. The average molecular weight is 527 g/mol. The molecule has 1 heterocycles. The van der Waals surface area contributed by atoms with Crippen LogP contribution in [0.2, 0.25) is 0 Å². The first-order valence-corrected chi connectivity index (χ1v) is 12.7. The van der Waals surface area contributed by atoms with Crippen molar-refractivity contribution in [1.82, 2.24) is 20.4 Å². The molecule has 2 aromatic rings. The number of benzene rings is 2. The normalized spacial score (nSPS) is 14.2. The van der Waals surface area contributed by atoms with Gasteiger partial charge in [-0.05, 0) is 51.9 Å². The lowest BCUT2D eigenvalue weighted by molar-refractivity contribution is -0.385. The summed E-state index contributed by atoms with van der Waals surface area (Å²) >= 11 is 0. The van der Waals surface area contributed by atoms with Crippen LogP contribution in [0.4, 0.5) is 11.4 Å². The van der Waals surface area contributed by atoms with Crippen LogP contribution < -0.4 is 10.6 Å². The third-order valence-corrected chi connectivity index (χ3v) is 6.83. The van der Waals surface area contributed by atoms with E-state index in [1.807, 2.05) is 0 Å². The van der Waals surface area contributed by atoms with E-state index in [0.29, 0.717) is 35.3 Å². The van der Waals surface area contributed by atoms with E-state index in [2.05, 4.69) is 20.4 Å². The van der Waals surface area contributed by atoms with Crippen molar-refractivity contribution in [2.45, 2.75) is 26.7 Å². The fraction of sp³-hybridized carbons (Fsp3) is 0.462. The number of nitrogens with zero attached hydrogens (tertiary/aromatic N) is 4. The van der Waals surface area contributed by atoms with Crippen LogP contribution in [0.1, 0.15) is 44.7 Å². The number of carbonyl (C=O) groups excluding carboxylic acids is 2. The zero-order valence-electron chi connectivity index (χ0n) is 21.8. The van der Waals surface area contributed by atoms with Gasteiger partial charge in [0.05, 0.1) is 9.85 Å². The number of nitro groups is 2. The lowest BCUT2D eigenvalue weighted by Crippen LogP contribution is -2.47. The van der Waals surface area contributed by atoms with Crippen molar-refractivity contribution in [3.63, 3.8) is 0 Å². The van der Waals surface area contributed by atoms with Gasteiger partial charge in [-0.1, -0.05) is 12.1 Å². The molecule has 1 saturated heterocycles. The second-order valence-electron chi connectivity index (χ2n) is 9.32. The van der Waals surface area contributed by atoms with Gasteiger partial charge in [0.2, 0.25) is 0 Å². The largest absolute Gasteiger partial charge is 0.352 e. The van der Waals surface area contributed by atoms with Gasteiger partial charge >= 0.3 is 0 Å². The highest BCUT2D eigenvalue weighted by Gasteiger charge is 2.20. The number of nitrogens with one attached hydrogen (secondary N) is 2. The number of hydrogen-bond acceptors (Lipinski definition) is 8. The summed E-state index contributed by atoms with van der Waals surface area (Å²) in [6.45, 7) is 9.50. The summed E-state index contributed by atoms with van der Waals surface area (Å²) in [5.41, 5.74) is 1.26. The lowest BCUT2D eigenvalue weighted by Gasteiger charge is -2.34. The Morgan fingerprint density at radius 1 is 0.737 bits per heavy atom. The molecule has 2 amide bonds. The van der Waals surface area contributed by atoms with Crippen LogP contribution in [0.15, 0.2) is 36.4 Å². The number of nitro benzene ring substituents is 2. The summed E-state index contributed by atoms with van der Waals surface area (Å²) in [7, 11) is 0. The Morgan fingerprint density at radius 3 is 1.45 bits per heavy atom. The van der Waals surface area contributed by atoms with Gasteiger partial charge in [-0.15, -0.1) is 0 Å². The molecule has 0 aliphatic carbocycles. The highest BCUT2D eigenvalue weighted by Crippen LogP contribution is 2.22. The monoisotopic (exact) mass is 526 g/mol. The minimum atomic E-state index is -0.483. The molecule has 12 heteroatoms. The van der Waals surface area contributed by atoms with Gasteiger partial charge in [-0.3, -0.25) is 29.8 Å². The van der Waals surface area contributed by atoms with Crippen molar-refractivity contribution in [3.8, 4) is 0 Å². The molecule has 0 bridgehead atoms. The Balaban J connectivity index is 1.30. The maximum Gasteiger partial charge on any atom is 0.273 e. The van der Waals surface area contributed by atoms with Crippen LogP contribution >= 0.6 is 0 Å². The molecular formula is C26H34N6O6. The van der Waals surface area contributed by atoms with E-state index in [9.17, 15) is 29.8 Å². The van der Waals surface area contributed by atoms with Crippen molar-refractivity contribution in [3.05, 3.63) is 78.9 Å². The predicted octanol–water partition coefficient (Wildman–Crippen LogP) is 2.68. The Bertz CT molecular complexity index is 1090. The highest BCUT2D eigenvalue weighted by molar-refractivity contribution is 5.97. The van der Waals surface area contributed by atoms with Gasteiger partial charge in [0.15, 0.2) is 0 Å². The predicted molar refractivity (Wildman–Crippen MR) is 142 cm³/mol. The second-order valence-corrected chi connectivity index (χ2v) is 9.32. The molecule has 0 atom stereocenters. The minimum absolute atomic E-state index is 0.0597. The fourth-order valence-electron chi connectivity index (χ4n) is 4.57. The molecule has 0 unspecified atom stereocenters. The Labute approximate surface area is 221 Å². The number of amides is 2. The number of carbonyl (C=O) groups is 2. The topological polar surface area (TPSA) is 151 Å². The van der Waals surface area contributed by atoms with Crippen molar-refractivity contribution < 1.29 is 19.4 Å². The SMILES string of the molecule is Cc1c(C(=O)NCCCN2CCN(CCCNC(=O)c3cccc([N+](=O)[O-])c3C)CC2)cccc1[N+](=O)[O-]. The van der Waals surface area contributed by atoms with Crippen molar-refractivity contribution in [1.29, 1.82) is 0 Å². The molecule has 204 valence electrons. The zero-order valence-corrected chi connectivity index (χ0v) is 21.8. The van der Waals surface area contributed by atoms with Crippen LogP contribution in [0.25, 0.3) is 0 Å². The van der Waals surface area contributed by atoms with E-state index in [4.69, 9.17) is 0 Å². The first-order chi connectivity index (χ1) is 18.2. The molecule has 2 aromatic carbocycles. The summed E-state index contributed by atoms with van der Waals surface area (Å²) in [6, 6.07) is 9.01. The van der Waals surface area contributed by atoms with E-state index < -0.39 is 9.85 Å². The maximum atomic E-state index is 12.4. The van der Waals surface area contributed by atoms with Gasteiger partial charge in [-0.2, -0.15) is 0 Å². The van der Waals surface area contributed by atoms with Gasteiger partial charge in [-0.25, -0.2) is 0 Å². The summed E-state index contributed by atoms with van der Waals surface area (Å²) in [4.78, 5) is 50.7. The molecule has 0 aromatic heterocycles. The summed E-state index contributed by atoms with van der Waals surface area (Å²) in [5.74, 6) is -0.604. The third kappa shape index (κ3) is 7.56. The summed E-state index contributed by atoms with van der Waals surface area (Å²) in [5, 5.41) is 27.9. The first-order valence-electron chi connectivity index (χ1n) is 12.7. The molecule has 1 aliphatic heterocycles. The van der Waals surface area contributed by atoms with E-state index in [1.54, 1.807) is 26.0 Å². The summed E-state index contributed by atoms with van der Waals surface area (Å²) < 4.78 is 0. The van der Waals surface area contributed by atoms with E-state index in [-0.39, 0.29) is 23.2 Å². The van der Waals surface area contributed by atoms with E-state index >= 15 is 0 Å². The average Bonchev–Trinajstić information content (AvgIpc) is 2.89. The molecule has 0 spiro atoms. The van der Waals surface area contributed by atoms with Crippen LogP contribution in [0, 0.1) is 34.1 Å². The highest BCUT2D eigenvalue weighted by atomic mass is 16.6. The minimum Gasteiger partial charge on any atom is -0.352 e. The number of hydrogen-bond donors (Lipinski definition) is 2. The molecule has 0 saturated carbocycles. The van der Waals surface area contributed by atoms with Crippen LogP contribution in [-0.4, -0.2) is 83.8 Å².